The van der Waals surface area contributed by atoms with Gasteiger partial charge in [-0.3, -0.25) is 9.89 Å². The number of aromatic nitrogens is 3. The molecule has 0 aliphatic carbocycles. The minimum absolute atomic E-state index is 0.164. The number of aromatic amines is 1. The van der Waals surface area contributed by atoms with E-state index in [1.165, 1.54) is 10.6 Å². The number of H-pyrrole nitrogens is 1. The van der Waals surface area contributed by atoms with Gasteiger partial charge in [0, 0.05) is 31.4 Å². The number of rotatable bonds is 2. The molecule has 0 saturated carbocycles. The largest absolute Gasteiger partial charge is 0.437 e. The summed E-state index contributed by atoms with van der Waals surface area (Å²) in [6.45, 7) is 3.45. The summed E-state index contributed by atoms with van der Waals surface area (Å²) in [6, 6.07) is 3.21. The maximum Gasteiger partial charge on any atom is 0.376 e. The van der Waals surface area contributed by atoms with Crippen LogP contribution in [0, 0.1) is 0 Å². The van der Waals surface area contributed by atoms with Crippen molar-refractivity contribution in [3.63, 3.8) is 0 Å². The lowest BCUT2D eigenvalue weighted by molar-refractivity contribution is -0.0104. The summed E-state index contributed by atoms with van der Waals surface area (Å²) in [4.78, 5) is 18.2. The van der Waals surface area contributed by atoms with E-state index in [1.807, 2.05) is 4.81 Å². The maximum atomic E-state index is 11.9. The van der Waals surface area contributed by atoms with E-state index in [1.54, 1.807) is 19.1 Å². The first-order chi connectivity index (χ1) is 9.15. The predicted octanol–water partition coefficient (Wildman–Crippen LogP) is -0.494. The highest BCUT2D eigenvalue weighted by atomic mass is 16.5. The molecule has 0 bridgehead atoms. The minimum Gasteiger partial charge on any atom is -0.437 e. The molecule has 1 aliphatic rings. The van der Waals surface area contributed by atoms with Gasteiger partial charge in [0.15, 0.2) is 5.65 Å². The third-order valence-corrected chi connectivity index (χ3v) is 3.36. The first-order valence-electron chi connectivity index (χ1n) is 6.26. The monoisotopic (exact) mass is 262 g/mol. The van der Waals surface area contributed by atoms with Crippen molar-refractivity contribution in [1.29, 1.82) is 0 Å². The zero-order valence-corrected chi connectivity index (χ0v) is 10.6. The molecule has 1 fully saturated rings. The van der Waals surface area contributed by atoms with E-state index in [9.17, 15) is 9.82 Å². The maximum absolute atomic E-state index is 11.9. The van der Waals surface area contributed by atoms with E-state index in [4.69, 9.17) is 4.74 Å². The van der Waals surface area contributed by atoms with Gasteiger partial charge < -0.3 is 14.6 Å². The highest BCUT2D eigenvalue weighted by Gasteiger charge is 2.27. The molecule has 3 heterocycles. The van der Waals surface area contributed by atoms with Crippen LogP contribution in [0.3, 0.4) is 0 Å². The molecule has 2 aromatic rings. The fourth-order valence-electron chi connectivity index (χ4n) is 2.30. The molecule has 100 valence electrons. The molecule has 2 N–H and O–H groups in total. The lowest BCUT2D eigenvalue weighted by Crippen LogP contribution is -2.46. The summed E-state index contributed by atoms with van der Waals surface area (Å²) < 4.78 is 7.03. The molecule has 0 radical (unpaired) electrons. The standard InChI is InChI=1S/C11H15BN4O3/c1-12(18)15-4-5-19-9(7-15)8-6-11(17)16-10(14-8)2-3-13-16/h2-3,6,9,13,18H,4-5,7H2,1H3. The summed E-state index contributed by atoms with van der Waals surface area (Å²) in [5.74, 6) is 0. The number of hydrogen-bond acceptors (Lipinski definition) is 5. The van der Waals surface area contributed by atoms with Crippen molar-refractivity contribution in [2.24, 2.45) is 0 Å². The van der Waals surface area contributed by atoms with E-state index in [0.717, 1.165) is 0 Å². The van der Waals surface area contributed by atoms with Crippen molar-refractivity contribution < 1.29 is 9.76 Å². The quantitative estimate of drug-likeness (QED) is 0.713. The SMILES string of the molecule is CB(O)N1CCOC(c2cc(=O)n3[nH]ccc3n2)C1. The van der Waals surface area contributed by atoms with Gasteiger partial charge in [-0.15, -0.1) is 0 Å². The van der Waals surface area contributed by atoms with Gasteiger partial charge in [-0.2, -0.15) is 0 Å². The molecule has 1 saturated heterocycles. The molecule has 19 heavy (non-hydrogen) atoms. The molecule has 0 spiro atoms. The topological polar surface area (TPSA) is 82.9 Å². The average Bonchev–Trinajstić information content (AvgIpc) is 2.87. The van der Waals surface area contributed by atoms with E-state index >= 15 is 0 Å². The second kappa shape index (κ2) is 4.80. The van der Waals surface area contributed by atoms with E-state index < -0.39 is 7.05 Å². The van der Waals surface area contributed by atoms with Crippen molar-refractivity contribution in [3.8, 4) is 0 Å². The summed E-state index contributed by atoms with van der Waals surface area (Å²) in [6.07, 6.45) is 1.38. The molecular formula is C11H15BN4O3. The summed E-state index contributed by atoms with van der Waals surface area (Å²) in [5, 5.41) is 12.4. The number of hydrogen-bond donors (Lipinski definition) is 2. The number of ether oxygens (including phenoxy) is 1. The van der Waals surface area contributed by atoms with Gasteiger partial charge in [0.05, 0.1) is 12.3 Å². The molecular weight excluding hydrogens is 247 g/mol. The zero-order valence-electron chi connectivity index (χ0n) is 10.6. The highest BCUT2D eigenvalue weighted by Crippen LogP contribution is 2.20. The lowest BCUT2D eigenvalue weighted by atomic mass is 9.84. The molecule has 0 amide bonds. The van der Waals surface area contributed by atoms with Crippen LogP contribution < -0.4 is 5.56 Å². The van der Waals surface area contributed by atoms with Crippen LogP contribution in [0.4, 0.5) is 0 Å². The third kappa shape index (κ3) is 2.29. The Morgan fingerprint density at radius 3 is 3.26 bits per heavy atom. The third-order valence-electron chi connectivity index (χ3n) is 3.36. The van der Waals surface area contributed by atoms with Crippen LogP contribution in [-0.4, -0.2) is 51.2 Å². The molecule has 1 atom stereocenters. The molecule has 2 aromatic heterocycles. The van der Waals surface area contributed by atoms with Crippen molar-refractivity contribution in [2.75, 3.05) is 19.7 Å². The van der Waals surface area contributed by atoms with Crippen LogP contribution in [-0.2, 0) is 4.74 Å². The van der Waals surface area contributed by atoms with Crippen molar-refractivity contribution in [1.82, 2.24) is 19.4 Å². The Balaban J connectivity index is 1.93. The number of fused-ring (bicyclic) bond motifs is 1. The molecule has 0 aromatic carbocycles. The van der Waals surface area contributed by atoms with Crippen molar-refractivity contribution >= 4 is 12.7 Å². The van der Waals surface area contributed by atoms with Crippen LogP contribution >= 0.6 is 0 Å². The smallest absolute Gasteiger partial charge is 0.376 e. The second-order valence-corrected chi connectivity index (χ2v) is 4.66. The lowest BCUT2D eigenvalue weighted by Gasteiger charge is -2.33. The van der Waals surface area contributed by atoms with E-state index in [-0.39, 0.29) is 11.7 Å². The summed E-state index contributed by atoms with van der Waals surface area (Å²) in [5.41, 5.74) is 1.01. The van der Waals surface area contributed by atoms with Gasteiger partial charge in [0.1, 0.15) is 6.10 Å². The molecule has 3 rings (SSSR count). The van der Waals surface area contributed by atoms with Gasteiger partial charge in [0.2, 0.25) is 0 Å². The Bertz CT molecular complexity index is 638. The van der Waals surface area contributed by atoms with E-state index in [0.29, 0.717) is 31.0 Å². The fourth-order valence-corrected chi connectivity index (χ4v) is 2.30. The van der Waals surface area contributed by atoms with Crippen LogP contribution in [0.15, 0.2) is 23.1 Å². The Kier molecular flexibility index (Phi) is 3.13. The molecule has 1 unspecified atom stereocenters. The molecule has 7 nitrogen and oxygen atoms in total. The van der Waals surface area contributed by atoms with Crippen LogP contribution in [0.25, 0.3) is 5.65 Å². The van der Waals surface area contributed by atoms with E-state index in [2.05, 4.69) is 10.1 Å². The highest BCUT2D eigenvalue weighted by molar-refractivity contribution is 6.45. The number of nitrogens with one attached hydrogen (secondary N) is 1. The number of morpholine rings is 1. The second-order valence-electron chi connectivity index (χ2n) is 4.66. The summed E-state index contributed by atoms with van der Waals surface area (Å²) in [7, 11) is -0.525. The first-order valence-corrected chi connectivity index (χ1v) is 6.26. The molecule has 8 heteroatoms. The zero-order chi connectivity index (χ0) is 13.4. The van der Waals surface area contributed by atoms with Crippen LogP contribution in [0.2, 0.25) is 6.82 Å². The Morgan fingerprint density at radius 1 is 1.63 bits per heavy atom. The number of nitrogens with zero attached hydrogens (tertiary/aromatic N) is 3. The summed E-state index contributed by atoms with van der Waals surface area (Å²) >= 11 is 0. The normalized spacial score (nSPS) is 20.8. The van der Waals surface area contributed by atoms with Gasteiger partial charge in [-0.1, -0.05) is 0 Å². The molecule has 1 aliphatic heterocycles. The Hall–Kier alpha value is -1.64. The Morgan fingerprint density at radius 2 is 2.47 bits per heavy atom. The van der Waals surface area contributed by atoms with Crippen LogP contribution in [0.1, 0.15) is 11.8 Å². The predicted molar refractivity (Wildman–Crippen MR) is 69.9 cm³/mol. The first kappa shape index (κ1) is 12.4. The van der Waals surface area contributed by atoms with Gasteiger partial charge in [-0.05, 0) is 6.82 Å². The average molecular weight is 262 g/mol. The van der Waals surface area contributed by atoms with Gasteiger partial charge in [-0.25, -0.2) is 9.50 Å². The van der Waals surface area contributed by atoms with Crippen molar-refractivity contribution in [2.45, 2.75) is 12.9 Å². The minimum atomic E-state index is -0.525. The van der Waals surface area contributed by atoms with Gasteiger partial charge >= 0.3 is 7.05 Å². The van der Waals surface area contributed by atoms with Crippen LogP contribution in [0.5, 0.6) is 0 Å². The fraction of sp³-hybridized carbons (Fsp3) is 0.455. The van der Waals surface area contributed by atoms with Gasteiger partial charge in [0.25, 0.3) is 5.56 Å². The Labute approximate surface area is 109 Å². The van der Waals surface area contributed by atoms with Crippen molar-refractivity contribution in [3.05, 3.63) is 34.4 Å².